The monoisotopic (exact) mass is 542 g/mol. The predicted molar refractivity (Wildman–Crippen MR) is 141 cm³/mol. The van der Waals surface area contributed by atoms with E-state index in [1.807, 2.05) is 6.07 Å². The minimum absolute atomic E-state index is 0.209. The second-order valence-electron chi connectivity index (χ2n) is 8.99. The Morgan fingerprint density at radius 1 is 1.16 bits per heavy atom. The van der Waals surface area contributed by atoms with Crippen molar-refractivity contribution in [2.75, 3.05) is 30.3 Å². The van der Waals surface area contributed by atoms with Gasteiger partial charge in [-0.2, -0.15) is 18.2 Å². The van der Waals surface area contributed by atoms with E-state index in [0.29, 0.717) is 46.1 Å². The Hall–Kier alpha value is -3.77. The molecule has 1 amide bonds. The third-order valence-corrected chi connectivity index (χ3v) is 6.97. The molecule has 1 fully saturated rings. The summed E-state index contributed by atoms with van der Waals surface area (Å²) in [6, 6.07) is 11.8. The number of carbonyl (C=O) groups is 1. The summed E-state index contributed by atoms with van der Waals surface area (Å²) in [5, 5.41) is 9.76. The van der Waals surface area contributed by atoms with Gasteiger partial charge in [-0.3, -0.25) is 4.79 Å². The lowest BCUT2D eigenvalue weighted by Crippen LogP contribution is -2.33. The standard InChI is InChI=1S/C26H25F3N6O2S/c1-15(36)32-25-35-23-20(5-2-6-21(23)38-25)37-22-12-19(17-7-9-18(10-8-17)26(27,28)29)33-24(34-22)31-14-16-4-3-11-30-13-16/h2,5-10,12,16,30H,3-4,11,13-14H2,1H3,(H,31,33,34)(H,32,35,36)/t16-/m1/s1. The Labute approximate surface area is 220 Å². The van der Waals surface area contributed by atoms with E-state index in [1.165, 1.54) is 30.4 Å². The topological polar surface area (TPSA) is 101 Å². The summed E-state index contributed by atoms with van der Waals surface area (Å²) in [5.74, 6) is 1.12. The maximum Gasteiger partial charge on any atom is 0.416 e. The fourth-order valence-corrected chi connectivity index (χ4v) is 5.12. The molecule has 2 aromatic carbocycles. The summed E-state index contributed by atoms with van der Waals surface area (Å²) in [4.78, 5) is 25.0. The molecule has 0 unspecified atom stereocenters. The van der Waals surface area contributed by atoms with Crippen LogP contribution in [-0.2, 0) is 11.0 Å². The van der Waals surface area contributed by atoms with Crippen LogP contribution in [0.25, 0.3) is 21.5 Å². The van der Waals surface area contributed by atoms with Gasteiger partial charge in [0.15, 0.2) is 10.9 Å². The van der Waals surface area contributed by atoms with E-state index in [9.17, 15) is 18.0 Å². The zero-order chi connectivity index (χ0) is 26.7. The molecule has 0 bridgehead atoms. The average Bonchev–Trinajstić information content (AvgIpc) is 3.30. The van der Waals surface area contributed by atoms with Gasteiger partial charge >= 0.3 is 6.18 Å². The Bertz CT molecular complexity index is 1440. The van der Waals surface area contributed by atoms with Crippen LogP contribution in [0.3, 0.4) is 0 Å². The van der Waals surface area contributed by atoms with Crippen molar-refractivity contribution in [3.8, 4) is 22.9 Å². The number of halogens is 3. The minimum atomic E-state index is -4.43. The number of hydrogen-bond acceptors (Lipinski definition) is 8. The number of rotatable bonds is 7. The molecule has 1 atom stereocenters. The molecule has 198 valence electrons. The molecular formula is C26H25F3N6O2S. The van der Waals surface area contributed by atoms with Crippen molar-refractivity contribution in [2.24, 2.45) is 5.92 Å². The van der Waals surface area contributed by atoms with E-state index < -0.39 is 11.7 Å². The van der Waals surface area contributed by atoms with Gasteiger partial charge in [0.2, 0.25) is 17.7 Å². The van der Waals surface area contributed by atoms with Gasteiger partial charge in [-0.25, -0.2) is 9.97 Å². The first-order valence-electron chi connectivity index (χ1n) is 12.1. The number of ether oxygens (including phenoxy) is 1. The first-order valence-corrected chi connectivity index (χ1v) is 12.9. The Balaban J connectivity index is 1.47. The van der Waals surface area contributed by atoms with Crippen LogP contribution in [0.5, 0.6) is 11.6 Å². The highest BCUT2D eigenvalue weighted by Gasteiger charge is 2.30. The molecule has 0 saturated carbocycles. The van der Waals surface area contributed by atoms with Gasteiger partial charge in [0.1, 0.15) is 5.52 Å². The van der Waals surface area contributed by atoms with E-state index in [0.717, 1.165) is 42.8 Å². The molecular weight excluding hydrogens is 517 g/mol. The van der Waals surface area contributed by atoms with Crippen molar-refractivity contribution >= 4 is 38.5 Å². The Kier molecular flexibility index (Phi) is 7.43. The fourth-order valence-electron chi connectivity index (χ4n) is 4.19. The molecule has 12 heteroatoms. The van der Waals surface area contributed by atoms with Crippen molar-refractivity contribution in [3.05, 3.63) is 54.1 Å². The van der Waals surface area contributed by atoms with Crippen LogP contribution in [-0.4, -0.2) is 40.5 Å². The number of amides is 1. The minimum Gasteiger partial charge on any atom is -0.437 e. The van der Waals surface area contributed by atoms with Gasteiger partial charge in [0.05, 0.1) is 16.0 Å². The smallest absolute Gasteiger partial charge is 0.416 e. The number of thiazole rings is 1. The molecule has 1 aliphatic heterocycles. The zero-order valence-electron chi connectivity index (χ0n) is 20.4. The van der Waals surface area contributed by atoms with Crippen LogP contribution in [0.15, 0.2) is 48.5 Å². The Morgan fingerprint density at radius 2 is 1.97 bits per heavy atom. The molecule has 3 N–H and O–H groups in total. The number of alkyl halides is 3. The van der Waals surface area contributed by atoms with Crippen molar-refractivity contribution in [1.29, 1.82) is 0 Å². The van der Waals surface area contributed by atoms with Gasteiger partial charge in [0.25, 0.3) is 0 Å². The molecule has 0 aliphatic carbocycles. The molecule has 4 aromatic rings. The number of anilines is 2. The van der Waals surface area contributed by atoms with Crippen molar-refractivity contribution in [2.45, 2.75) is 25.9 Å². The molecule has 3 heterocycles. The number of hydrogen-bond donors (Lipinski definition) is 3. The number of fused-ring (bicyclic) bond motifs is 1. The van der Waals surface area contributed by atoms with E-state index >= 15 is 0 Å². The lowest BCUT2D eigenvalue weighted by atomic mass is 10.00. The first kappa shape index (κ1) is 25.9. The van der Waals surface area contributed by atoms with Crippen LogP contribution < -0.4 is 20.7 Å². The predicted octanol–water partition coefficient (Wildman–Crippen LogP) is 5.93. The lowest BCUT2D eigenvalue weighted by molar-refractivity contribution is -0.137. The second kappa shape index (κ2) is 10.9. The highest BCUT2D eigenvalue weighted by Crippen LogP contribution is 2.36. The highest BCUT2D eigenvalue weighted by molar-refractivity contribution is 7.22. The van der Waals surface area contributed by atoms with Crippen molar-refractivity contribution in [1.82, 2.24) is 20.3 Å². The van der Waals surface area contributed by atoms with Crippen LogP contribution in [0, 0.1) is 5.92 Å². The van der Waals surface area contributed by atoms with Gasteiger partial charge in [0, 0.05) is 25.1 Å². The second-order valence-corrected chi connectivity index (χ2v) is 10.0. The van der Waals surface area contributed by atoms with Crippen LogP contribution >= 0.6 is 11.3 Å². The molecule has 8 nitrogen and oxygen atoms in total. The largest absolute Gasteiger partial charge is 0.437 e. The third-order valence-electron chi connectivity index (χ3n) is 6.04. The SMILES string of the molecule is CC(=O)Nc1nc2c(Oc3cc(-c4ccc(C(F)(F)F)cc4)nc(NC[C@@H]4CCCNC4)n3)cccc2s1. The molecule has 5 rings (SSSR count). The summed E-state index contributed by atoms with van der Waals surface area (Å²) < 4.78 is 46.2. The number of carbonyl (C=O) groups excluding carboxylic acids is 1. The third kappa shape index (κ3) is 6.20. The van der Waals surface area contributed by atoms with E-state index in [4.69, 9.17) is 4.74 Å². The molecule has 1 aliphatic rings. The summed E-state index contributed by atoms with van der Waals surface area (Å²) >= 11 is 1.31. The van der Waals surface area contributed by atoms with E-state index in [-0.39, 0.29) is 11.8 Å². The van der Waals surface area contributed by atoms with E-state index in [1.54, 1.807) is 18.2 Å². The summed E-state index contributed by atoms with van der Waals surface area (Å²) in [6.07, 6.45) is -2.27. The van der Waals surface area contributed by atoms with Crippen LogP contribution in [0.1, 0.15) is 25.3 Å². The number of nitrogens with one attached hydrogen (secondary N) is 3. The number of nitrogens with zero attached hydrogens (tertiary/aromatic N) is 3. The van der Waals surface area contributed by atoms with Crippen molar-refractivity contribution < 1.29 is 22.7 Å². The lowest BCUT2D eigenvalue weighted by Gasteiger charge is -2.23. The number of benzene rings is 2. The summed E-state index contributed by atoms with van der Waals surface area (Å²) in [5.41, 5.74) is 0.726. The van der Waals surface area contributed by atoms with Gasteiger partial charge in [-0.15, -0.1) is 0 Å². The summed E-state index contributed by atoms with van der Waals surface area (Å²) in [6.45, 7) is 3.94. The van der Waals surface area contributed by atoms with Gasteiger partial charge in [-0.05, 0) is 56.1 Å². The molecule has 2 aromatic heterocycles. The normalized spacial score (nSPS) is 15.8. The molecule has 0 spiro atoms. The quantitative estimate of drug-likeness (QED) is 0.266. The first-order chi connectivity index (χ1) is 18.2. The molecule has 38 heavy (non-hydrogen) atoms. The van der Waals surface area contributed by atoms with E-state index in [2.05, 4.69) is 30.9 Å². The van der Waals surface area contributed by atoms with Crippen LogP contribution in [0.2, 0.25) is 0 Å². The average molecular weight is 543 g/mol. The van der Waals surface area contributed by atoms with Gasteiger partial charge < -0.3 is 20.7 Å². The molecule has 1 saturated heterocycles. The maximum atomic E-state index is 13.1. The number of para-hydroxylation sites is 1. The number of aromatic nitrogens is 3. The highest BCUT2D eigenvalue weighted by atomic mass is 32.1. The maximum absolute atomic E-state index is 13.1. The fraction of sp³-hybridized carbons (Fsp3) is 0.308. The van der Waals surface area contributed by atoms with Gasteiger partial charge in [-0.1, -0.05) is 29.5 Å². The summed E-state index contributed by atoms with van der Waals surface area (Å²) in [7, 11) is 0. The number of piperidine rings is 1. The zero-order valence-corrected chi connectivity index (χ0v) is 21.2. The molecule has 0 radical (unpaired) electrons. The van der Waals surface area contributed by atoms with Crippen LogP contribution in [0.4, 0.5) is 24.3 Å². The Morgan fingerprint density at radius 3 is 2.68 bits per heavy atom. The van der Waals surface area contributed by atoms with Crippen molar-refractivity contribution in [3.63, 3.8) is 0 Å².